The quantitative estimate of drug-likeness (QED) is 0.0807. The van der Waals surface area contributed by atoms with Crippen LogP contribution in [-0.4, -0.2) is 63.3 Å². The van der Waals surface area contributed by atoms with E-state index in [0.29, 0.717) is 0 Å². The Morgan fingerprint density at radius 3 is 0.676 bits per heavy atom. The zero-order chi connectivity index (χ0) is 25.4. The number of hydrogen-bond donors (Lipinski definition) is 0. The molecule has 0 aliphatic carbocycles. The third-order valence-corrected chi connectivity index (χ3v) is 8.01. The highest BCUT2D eigenvalue weighted by atomic mass is 15.3. The van der Waals surface area contributed by atoms with Gasteiger partial charge in [-0.15, -0.1) is 0 Å². The molecule has 0 spiro atoms. The molecule has 0 aromatic heterocycles. The van der Waals surface area contributed by atoms with Crippen molar-refractivity contribution >= 4 is 0 Å². The SMILES string of the molecule is CCCCCCCCCCCC[N+](C)(C)CCCC[N+](C)(C)CCCCCCCCCCCC. The van der Waals surface area contributed by atoms with Crippen molar-refractivity contribution in [2.24, 2.45) is 0 Å². The summed E-state index contributed by atoms with van der Waals surface area (Å²) < 4.78 is 2.45. The van der Waals surface area contributed by atoms with Crippen molar-refractivity contribution in [3.8, 4) is 0 Å². The number of quaternary nitrogens is 2. The highest BCUT2D eigenvalue weighted by Crippen LogP contribution is 2.14. The Hall–Kier alpha value is -0.0800. The van der Waals surface area contributed by atoms with Crippen LogP contribution in [0.5, 0.6) is 0 Å². The molecule has 0 aliphatic heterocycles. The highest BCUT2D eigenvalue weighted by Gasteiger charge is 2.17. The van der Waals surface area contributed by atoms with E-state index in [1.807, 2.05) is 0 Å². The summed E-state index contributed by atoms with van der Waals surface area (Å²) in [6.07, 6.45) is 31.7. The summed E-state index contributed by atoms with van der Waals surface area (Å²) in [4.78, 5) is 0. The van der Waals surface area contributed by atoms with Crippen molar-refractivity contribution in [2.45, 2.75) is 155 Å². The maximum absolute atomic E-state index is 2.46. The molecule has 0 rings (SSSR count). The fourth-order valence-corrected chi connectivity index (χ4v) is 5.36. The van der Waals surface area contributed by atoms with Crippen molar-refractivity contribution in [3.63, 3.8) is 0 Å². The van der Waals surface area contributed by atoms with Crippen LogP contribution in [0.4, 0.5) is 0 Å². The highest BCUT2D eigenvalue weighted by molar-refractivity contribution is 4.50. The molecule has 2 nitrogen and oxygen atoms in total. The Morgan fingerprint density at radius 1 is 0.265 bits per heavy atom. The fourth-order valence-electron chi connectivity index (χ4n) is 5.36. The molecule has 2 heteroatoms. The van der Waals surface area contributed by atoms with E-state index < -0.39 is 0 Å². The van der Waals surface area contributed by atoms with Gasteiger partial charge >= 0.3 is 0 Å². The monoisotopic (exact) mass is 483 g/mol. The maximum atomic E-state index is 2.46. The Labute approximate surface area is 218 Å². The maximum Gasteiger partial charge on any atom is 0.0784 e. The molecule has 206 valence electrons. The molecule has 0 N–H and O–H groups in total. The van der Waals surface area contributed by atoms with Crippen molar-refractivity contribution in [1.29, 1.82) is 0 Å². The third kappa shape index (κ3) is 25.0. The largest absolute Gasteiger partial charge is 0.328 e. The second-order valence-electron chi connectivity index (χ2n) is 12.8. The van der Waals surface area contributed by atoms with Gasteiger partial charge in [-0.25, -0.2) is 0 Å². The van der Waals surface area contributed by atoms with E-state index in [9.17, 15) is 0 Å². The molecule has 0 saturated carbocycles. The van der Waals surface area contributed by atoms with Crippen LogP contribution < -0.4 is 0 Å². The molecular weight excluding hydrogens is 412 g/mol. The molecule has 0 atom stereocenters. The average molecular weight is 483 g/mol. The molecule has 0 saturated heterocycles. The number of rotatable bonds is 27. The van der Waals surface area contributed by atoms with Gasteiger partial charge in [0.25, 0.3) is 0 Å². The van der Waals surface area contributed by atoms with E-state index in [0.717, 1.165) is 0 Å². The zero-order valence-electron chi connectivity index (χ0n) is 25.3. The predicted octanol–water partition coefficient (Wildman–Crippen LogP) is 9.76. The second-order valence-corrected chi connectivity index (χ2v) is 12.8. The number of unbranched alkanes of at least 4 members (excludes halogenated alkanes) is 19. The summed E-state index contributed by atoms with van der Waals surface area (Å²) >= 11 is 0. The van der Waals surface area contributed by atoms with Gasteiger partial charge in [-0.05, 0) is 25.7 Å². The van der Waals surface area contributed by atoms with Crippen LogP contribution in [0.1, 0.15) is 155 Å². The third-order valence-electron chi connectivity index (χ3n) is 8.01. The zero-order valence-corrected chi connectivity index (χ0v) is 25.3. The summed E-state index contributed by atoms with van der Waals surface area (Å²) in [5, 5.41) is 0. The molecule has 0 aromatic carbocycles. The first-order valence-electron chi connectivity index (χ1n) is 16.0. The van der Waals surface area contributed by atoms with Crippen LogP contribution in [0.15, 0.2) is 0 Å². The Kier molecular flexibility index (Phi) is 23.3. The first kappa shape index (κ1) is 33.9. The van der Waals surface area contributed by atoms with E-state index in [1.54, 1.807) is 0 Å². The molecule has 0 aliphatic rings. The summed E-state index contributed by atoms with van der Waals surface area (Å²) in [7, 11) is 9.82. The number of nitrogens with zero attached hydrogens (tertiary/aromatic N) is 2. The lowest BCUT2D eigenvalue weighted by molar-refractivity contribution is -0.897. The van der Waals surface area contributed by atoms with Gasteiger partial charge in [0.1, 0.15) is 0 Å². The minimum atomic E-state index is 1.23. The van der Waals surface area contributed by atoms with Crippen LogP contribution >= 0.6 is 0 Å². The molecular formula is C32H70N2+2. The topological polar surface area (TPSA) is 0 Å². The van der Waals surface area contributed by atoms with Crippen molar-refractivity contribution in [1.82, 2.24) is 0 Å². The summed E-state index contributed by atoms with van der Waals surface area (Å²) in [5.74, 6) is 0. The average Bonchev–Trinajstić information content (AvgIpc) is 2.79. The van der Waals surface area contributed by atoms with Gasteiger partial charge in [0.05, 0.1) is 54.4 Å². The minimum absolute atomic E-state index is 1.23. The predicted molar refractivity (Wildman–Crippen MR) is 157 cm³/mol. The van der Waals surface area contributed by atoms with Crippen molar-refractivity contribution in [3.05, 3.63) is 0 Å². The van der Waals surface area contributed by atoms with Gasteiger partial charge in [0.15, 0.2) is 0 Å². The van der Waals surface area contributed by atoms with Crippen molar-refractivity contribution in [2.75, 3.05) is 54.4 Å². The first-order chi connectivity index (χ1) is 16.3. The molecule has 0 amide bonds. The normalized spacial score (nSPS) is 12.5. The fraction of sp³-hybridized carbons (Fsp3) is 1.00. The van der Waals surface area contributed by atoms with Gasteiger partial charge in [-0.2, -0.15) is 0 Å². The van der Waals surface area contributed by atoms with Crippen LogP contribution in [0, 0.1) is 0 Å². The Balaban J connectivity index is 3.58. The van der Waals surface area contributed by atoms with Gasteiger partial charge in [-0.1, -0.05) is 117 Å². The minimum Gasteiger partial charge on any atom is -0.328 e. The van der Waals surface area contributed by atoms with Crippen LogP contribution in [0.3, 0.4) is 0 Å². The summed E-state index contributed by atoms with van der Waals surface area (Å²) in [5.41, 5.74) is 0. The molecule has 0 radical (unpaired) electrons. The van der Waals surface area contributed by atoms with Crippen LogP contribution in [0.25, 0.3) is 0 Å². The lowest BCUT2D eigenvalue weighted by atomic mass is 10.1. The van der Waals surface area contributed by atoms with E-state index in [-0.39, 0.29) is 0 Å². The smallest absolute Gasteiger partial charge is 0.0784 e. The van der Waals surface area contributed by atoms with Crippen LogP contribution in [0.2, 0.25) is 0 Å². The van der Waals surface area contributed by atoms with Gasteiger partial charge in [0, 0.05) is 12.8 Å². The second kappa shape index (κ2) is 23.3. The molecule has 0 bridgehead atoms. The number of hydrogen-bond acceptors (Lipinski definition) is 0. The Bertz CT molecular complexity index is 364. The van der Waals surface area contributed by atoms with E-state index in [4.69, 9.17) is 0 Å². The van der Waals surface area contributed by atoms with Crippen LogP contribution in [-0.2, 0) is 0 Å². The van der Waals surface area contributed by atoms with Gasteiger partial charge < -0.3 is 8.97 Å². The standard InChI is InChI=1S/C32H70N2/c1-7-9-11-13-15-17-19-21-23-25-29-33(3,4)31-27-28-32-34(5,6)30-26-24-22-20-18-16-14-12-10-8-2/h7-32H2,1-6H3/q+2. The molecule has 34 heavy (non-hydrogen) atoms. The first-order valence-corrected chi connectivity index (χ1v) is 16.0. The van der Waals surface area contributed by atoms with E-state index in [1.165, 1.54) is 176 Å². The molecule has 0 unspecified atom stereocenters. The molecule has 0 heterocycles. The Morgan fingerprint density at radius 2 is 0.441 bits per heavy atom. The molecule has 0 aromatic rings. The lowest BCUT2D eigenvalue weighted by Gasteiger charge is -2.32. The van der Waals surface area contributed by atoms with E-state index in [2.05, 4.69) is 42.0 Å². The van der Waals surface area contributed by atoms with Crippen molar-refractivity contribution < 1.29 is 8.97 Å². The molecule has 0 fully saturated rings. The van der Waals surface area contributed by atoms with Gasteiger partial charge in [-0.3, -0.25) is 0 Å². The lowest BCUT2D eigenvalue weighted by Crippen LogP contribution is -2.43. The van der Waals surface area contributed by atoms with E-state index >= 15 is 0 Å². The summed E-state index contributed by atoms with van der Waals surface area (Å²) in [6.45, 7) is 10.1. The van der Waals surface area contributed by atoms with Gasteiger partial charge in [0.2, 0.25) is 0 Å². The summed E-state index contributed by atoms with van der Waals surface area (Å²) in [6, 6.07) is 0.